The third kappa shape index (κ3) is 5.79. The highest BCUT2D eigenvalue weighted by molar-refractivity contribution is 7.87. The van der Waals surface area contributed by atoms with Gasteiger partial charge in [0.05, 0.1) is 12.6 Å². The minimum absolute atomic E-state index is 0.161. The van der Waals surface area contributed by atoms with Gasteiger partial charge in [0.15, 0.2) is 0 Å². The summed E-state index contributed by atoms with van der Waals surface area (Å²) in [6.45, 7) is 3.19. The molecule has 0 radical (unpaired) electrons. The van der Waals surface area contributed by atoms with Crippen molar-refractivity contribution in [2.75, 3.05) is 6.54 Å². The Balaban J connectivity index is 3.94. The van der Waals surface area contributed by atoms with Crippen LogP contribution in [0.2, 0.25) is 0 Å². The average molecular weight is 177 g/mol. The largest absolute Gasteiger partial charge is 0.278 e. The van der Waals surface area contributed by atoms with E-state index in [0.717, 1.165) is 0 Å². The van der Waals surface area contributed by atoms with Gasteiger partial charge in [0.25, 0.3) is 10.2 Å². The Hall–Kier alpha value is -0.640. The lowest BCUT2D eigenvalue weighted by Crippen LogP contribution is -2.40. The van der Waals surface area contributed by atoms with Crippen LogP contribution in [0.4, 0.5) is 0 Å². The Morgan fingerprint density at radius 1 is 1.55 bits per heavy atom. The van der Waals surface area contributed by atoms with E-state index in [0.29, 0.717) is 0 Å². The molecule has 0 aromatic heterocycles. The zero-order valence-corrected chi connectivity index (χ0v) is 7.27. The van der Waals surface area contributed by atoms with Gasteiger partial charge in [0, 0.05) is 6.04 Å². The molecule has 5 nitrogen and oxygen atoms in total. The van der Waals surface area contributed by atoms with Crippen LogP contribution in [-0.4, -0.2) is 21.0 Å². The summed E-state index contributed by atoms with van der Waals surface area (Å²) in [4.78, 5) is 0. The summed E-state index contributed by atoms with van der Waals surface area (Å²) < 4.78 is 26.0. The van der Waals surface area contributed by atoms with Crippen molar-refractivity contribution in [2.24, 2.45) is 0 Å². The van der Waals surface area contributed by atoms with Crippen LogP contribution in [0.3, 0.4) is 0 Å². The first-order chi connectivity index (χ1) is 4.98. The fourth-order valence-electron chi connectivity index (χ4n) is 0.479. The maximum absolute atomic E-state index is 10.8. The van der Waals surface area contributed by atoms with Crippen molar-refractivity contribution < 1.29 is 8.42 Å². The maximum Gasteiger partial charge on any atom is 0.278 e. The molecular formula is C5H11N3O2S. The van der Waals surface area contributed by atoms with Gasteiger partial charge in [-0.25, -0.2) is 0 Å². The molecule has 0 rings (SSSR count). The average Bonchev–Trinajstić information content (AvgIpc) is 1.81. The predicted octanol–water partition coefficient (Wildman–Crippen LogP) is -0.658. The predicted molar refractivity (Wildman–Crippen MR) is 40.8 cm³/mol. The summed E-state index contributed by atoms with van der Waals surface area (Å²) in [7, 11) is -3.47. The molecule has 0 saturated heterocycles. The molecule has 0 amide bonds. The molecule has 0 aromatic carbocycles. The van der Waals surface area contributed by atoms with Gasteiger partial charge in [-0.1, -0.05) is 0 Å². The van der Waals surface area contributed by atoms with Crippen LogP contribution in [0.1, 0.15) is 13.8 Å². The number of nitrogens with zero attached hydrogens (tertiary/aromatic N) is 1. The summed E-state index contributed by atoms with van der Waals surface area (Å²) in [6.07, 6.45) is 0. The quantitative estimate of drug-likeness (QED) is 0.559. The number of rotatable bonds is 4. The number of hydrogen-bond donors (Lipinski definition) is 2. The van der Waals surface area contributed by atoms with Gasteiger partial charge in [-0.2, -0.15) is 23.1 Å². The van der Waals surface area contributed by atoms with Gasteiger partial charge in [0.2, 0.25) is 0 Å². The summed E-state index contributed by atoms with van der Waals surface area (Å²) in [5.74, 6) is 0. The summed E-state index contributed by atoms with van der Waals surface area (Å²) in [6, 6.07) is 1.51. The Morgan fingerprint density at radius 3 is 2.45 bits per heavy atom. The van der Waals surface area contributed by atoms with Crippen molar-refractivity contribution in [3.8, 4) is 6.07 Å². The first kappa shape index (κ1) is 10.4. The second-order valence-electron chi connectivity index (χ2n) is 2.26. The molecule has 2 N–H and O–H groups in total. The highest BCUT2D eigenvalue weighted by Crippen LogP contribution is 1.81. The molecular weight excluding hydrogens is 166 g/mol. The van der Waals surface area contributed by atoms with Gasteiger partial charge in [-0.15, -0.1) is 0 Å². The second-order valence-corrected chi connectivity index (χ2v) is 3.79. The number of nitriles is 1. The van der Waals surface area contributed by atoms with Crippen molar-refractivity contribution in [3.63, 3.8) is 0 Å². The Kier molecular flexibility index (Phi) is 4.03. The minimum atomic E-state index is -3.47. The van der Waals surface area contributed by atoms with E-state index in [1.54, 1.807) is 19.9 Å². The lowest BCUT2D eigenvalue weighted by Gasteiger charge is -2.07. The SMILES string of the molecule is CC(C)NS(=O)(=O)NCC#N. The van der Waals surface area contributed by atoms with Crippen molar-refractivity contribution >= 4 is 10.2 Å². The van der Waals surface area contributed by atoms with Crippen LogP contribution >= 0.6 is 0 Å². The van der Waals surface area contributed by atoms with E-state index in [-0.39, 0.29) is 12.6 Å². The molecule has 64 valence electrons. The van der Waals surface area contributed by atoms with Crippen LogP contribution < -0.4 is 9.44 Å². The Morgan fingerprint density at radius 2 is 2.09 bits per heavy atom. The first-order valence-electron chi connectivity index (χ1n) is 3.12. The molecule has 0 spiro atoms. The zero-order chi connectivity index (χ0) is 8.91. The van der Waals surface area contributed by atoms with Crippen LogP contribution in [0.5, 0.6) is 0 Å². The van der Waals surface area contributed by atoms with E-state index in [1.165, 1.54) is 0 Å². The number of nitrogens with one attached hydrogen (secondary N) is 2. The fraction of sp³-hybridized carbons (Fsp3) is 0.800. The van der Waals surface area contributed by atoms with Crippen molar-refractivity contribution in [3.05, 3.63) is 0 Å². The lowest BCUT2D eigenvalue weighted by molar-refractivity contribution is 0.559. The van der Waals surface area contributed by atoms with E-state index < -0.39 is 10.2 Å². The summed E-state index contributed by atoms with van der Waals surface area (Å²) >= 11 is 0. The van der Waals surface area contributed by atoms with Crippen molar-refractivity contribution in [1.29, 1.82) is 5.26 Å². The summed E-state index contributed by atoms with van der Waals surface area (Å²) in [5.41, 5.74) is 0. The van der Waals surface area contributed by atoms with E-state index in [2.05, 4.69) is 4.72 Å². The van der Waals surface area contributed by atoms with Crippen LogP contribution in [0, 0.1) is 11.3 Å². The third-order valence-electron chi connectivity index (χ3n) is 0.732. The first-order valence-corrected chi connectivity index (χ1v) is 4.60. The van der Waals surface area contributed by atoms with E-state index >= 15 is 0 Å². The number of hydrogen-bond acceptors (Lipinski definition) is 3. The standard InChI is InChI=1S/C5H11N3O2S/c1-5(2)8-11(9,10)7-4-3-6/h5,7-8H,4H2,1-2H3. The van der Waals surface area contributed by atoms with E-state index in [9.17, 15) is 8.42 Å². The van der Waals surface area contributed by atoms with Gasteiger partial charge in [-0.05, 0) is 13.8 Å². The van der Waals surface area contributed by atoms with Crippen LogP contribution in [-0.2, 0) is 10.2 Å². The molecule has 0 fully saturated rings. The molecule has 6 heteroatoms. The highest BCUT2D eigenvalue weighted by Gasteiger charge is 2.08. The Bertz CT molecular complexity index is 239. The lowest BCUT2D eigenvalue weighted by atomic mass is 10.4. The molecule has 0 unspecified atom stereocenters. The van der Waals surface area contributed by atoms with Gasteiger partial charge >= 0.3 is 0 Å². The Labute approximate surface area is 66.6 Å². The normalized spacial score (nSPS) is 11.5. The molecule has 0 aliphatic rings. The third-order valence-corrected chi connectivity index (χ3v) is 2.04. The molecule has 0 heterocycles. The van der Waals surface area contributed by atoms with Crippen LogP contribution in [0.25, 0.3) is 0 Å². The van der Waals surface area contributed by atoms with Crippen molar-refractivity contribution in [1.82, 2.24) is 9.44 Å². The maximum atomic E-state index is 10.8. The molecule has 0 aliphatic heterocycles. The topological polar surface area (TPSA) is 82.0 Å². The molecule has 0 aliphatic carbocycles. The van der Waals surface area contributed by atoms with E-state index in [4.69, 9.17) is 5.26 Å². The molecule has 0 saturated carbocycles. The van der Waals surface area contributed by atoms with E-state index in [1.807, 2.05) is 4.72 Å². The van der Waals surface area contributed by atoms with Gasteiger partial charge in [-0.3, -0.25) is 0 Å². The molecule has 0 bridgehead atoms. The molecule has 11 heavy (non-hydrogen) atoms. The smallest absolute Gasteiger partial charge is 0.200 e. The van der Waals surface area contributed by atoms with Crippen LogP contribution in [0.15, 0.2) is 0 Å². The van der Waals surface area contributed by atoms with Gasteiger partial charge < -0.3 is 0 Å². The minimum Gasteiger partial charge on any atom is -0.200 e. The highest BCUT2D eigenvalue weighted by atomic mass is 32.2. The van der Waals surface area contributed by atoms with Gasteiger partial charge in [0.1, 0.15) is 0 Å². The molecule has 0 atom stereocenters. The zero-order valence-electron chi connectivity index (χ0n) is 6.46. The second kappa shape index (κ2) is 4.28. The molecule has 0 aromatic rings. The summed E-state index contributed by atoms with van der Waals surface area (Å²) in [5, 5.41) is 8.06. The monoisotopic (exact) mass is 177 g/mol. The van der Waals surface area contributed by atoms with Crippen molar-refractivity contribution in [2.45, 2.75) is 19.9 Å². The fourth-order valence-corrected chi connectivity index (χ4v) is 1.44.